The van der Waals surface area contributed by atoms with Gasteiger partial charge >= 0.3 is 0 Å². The van der Waals surface area contributed by atoms with E-state index in [0.717, 1.165) is 6.07 Å². The fourth-order valence-corrected chi connectivity index (χ4v) is 1.30. The van der Waals surface area contributed by atoms with E-state index in [4.69, 9.17) is 5.53 Å². The van der Waals surface area contributed by atoms with Crippen LogP contribution >= 0.6 is 15.9 Å². The van der Waals surface area contributed by atoms with Crippen LogP contribution < -0.4 is 0 Å². The third-order valence-electron chi connectivity index (χ3n) is 1.31. The number of hydrogen-bond donors (Lipinski definition) is 0. The zero-order chi connectivity index (χ0) is 9.84. The van der Waals surface area contributed by atoms with E-state index in [1.165, 1.54) is 12.1 Å². The van der Waals surface area contributed by atoms with E-state index in [2.05, 4.69) is 26.0 Å². The molecule has 1 rings (SSSR count). The Hall–Kier alpha value is -1.39. The number of nitrogens with zero attached hydrogens (tertiary/aromatic N) is 3. The van der Waals surface area contributed by atoms with Crippen molar-refractivity contribution >= 4 is 21.8 Å². The van der Waals surface area contributed by atoms with Crippen molar-refractivity contribution in [1.82, 2.24) is 0 Å². The number of carbonyl (C=O) groups is 1. The second-order valence-electron chi connectivity index (χ2n) is 2.09. The highest BCUT2D eigenvalue weighted by molar-refractivity contribution is 9.10. The van der Waals surface area contributed by atoms with Crippen LogP contribution in [0.5, 0.6) is 0 Å². The van der Waals surface area contributed by atoms with Gasteiger partial charge in [0.25, 0.3) is 5.91 Å². The lowest BCUT2D eigenvalue weighted by Crippen LogP contribution is -1.98. The van der Waals surface area contributed by atoms with Gasteiger partial charge in [0.15, 0.2) is 0 Å². The van der Waals surface area contributed by atoms with Crippen LogP contribution in [-0.2, 0) is 0 Å². The molecule has 0 aromatic heterocycles. The molecule has 4 nitrogen and oxygen atoms in total. The fourth-order valence-electron chi connectivity index (χ4n) is 0.793. The Morgan fingerprint density at radius 3 is 2.85 bits per heavy atom. The van der Waals surface area contributed by atoms with Gasteiger partial charge in [-0.1, -0.05) is 6.07 Å². The van der Waals surface area contributed by atoms with Crippen molar-refractivity contribution in [1.29, 1.82) is 0 Å². The lowest BCUT2D eigenvalue weighted by Gasteiger charge is -1.99. The summed E-state index contributed by atoms with van der Waals surface area (Å²) in [7, 11) is 0. The van der Waals surface area contributed by atoms with Gasteiger partial charge in [0.05, 0.1) is 5.56 Å². The second kappa shape index (κ2) is 4.02. The maximum absolute atomic E-state index is 13.0. The Morgan fingerprint density at radius 1 is 1.62 bits per heavy atom. The van der Waals surface area contributed by atoms with Crippen LogP contribution in [0.25, 0.3) is 10.4 Å². The van der Waals surface area contributed by atoms with Gasteiger partial charge in [0.2, 0.25) is 0 Å². The van der Waals surface area contributed by atoms with Crippen molar-refractivity contribution < 1.29 is 9.18 Å². The first-order valence-electron chi connectivity index (χ1n) is 3.20. The quantitative estimate of drug-likeness (QED) is 0.425. The zero-order valence-electron chi connectivity index (χ0n) is 6.24. The van der Waals surface area contributed by atoms with Crippen LogP contribution in [0.15, 0.2) is 27.8 Å². The minimum absolute atomic E-state index is 0.250. The first-order chi connectivity index (χ1) is 6.16. The first-order valence-corrected chi connectivity index (χ1v) is 3.99. The van der Waals surface area contributed by atoms with Crippen LogP contribution in [0.3, 0.4) is 0 Å². The van der Waals surface area contributed by atoms with Gasteiger partial charge in [0, 0.05) is 9.38 Å². The summed E-state index contributed by atoms with van der Waals surface area (Å²) >= 11 is 2.97. The molecule has 0 aliphatic rings. The number of benzene rings is 1. The van der Waals surface area contributed by atoms with Crippen molar-refractivity contribution in [3.05, 3.63) is 44.5 Å². The third kappa shape index (κ3) is 2.05. The summed E-state index contributed by atoms with van der Waals surface area (Å²) in [4.78, 5) is 13.3. The molecule has 0 unspecified atom stereocenters. The molecule has 0 bridgehead atoms. The average Bonchev–Trinajstić information content (AvgIpc) is 2.04. The second-order valence-corrected chi connectivity index (χ2v) is 2.95. The SMILES string of the molecule is [N-]=[N+]=NC(=O)c1c(F)cccc1Br. The van der Waals surface area contributed by atoms with E-state index >= 15 is 0 Å². The molecule has 0 aliphatic heterocycles. The summed E-state index contributed by atoms with van der Waals surface area (Å²) < 4.78 is 13.3. The molecule has 1 amide bonds. The van der Waals surface area contributed by atoms with E-state index < -0.39 is 11.7 Å². The molecule has 0 saturated carbocycles. The smallest absolute Gasteiger partial charge is 0.253 e. The Morgan fingerprint density at radius 2 is 2.31 bits per heavy atom. The Kier molecular flexibility index (Phi) is 3.00. The van der Waals surface area contributed by atoms with Crippen LogP contribution in [0.2, 0.25) is 0 Å². The number of carbonyl (C=O) groups excluding carboxylic acids is 1. The van der Waals surface area contributed by atoms with E-state index in [-0.39, 0.29) is 10.0 Å². The predicted molar refractivity (Wildman–Crippen MR) is 47.6 cm³/mol. The molecule has 0 fully saturated rings. The molecule has 0 heterocycles. The van der Waals surface area contributed by atoms with Crippen molar-refractivity contribution in [3.8, 4) is 0 Å². The molecule has 6 heteroatoms. The number of rotatable bonds is 1. The predicted octanol–water partition coefficient (Wildman–Crippen LogP) is 3.04. The Balaban J connectivity index is 3.27. The molecule has 0 saturated heterocycles. The van der Waals surface area contributed by atoms with Crippen LogP contribution in [0.1, 0.15) is 10.4 Å². The number of hydrogen-bond acceptors (Lipinski definition) is 1. The number of azide groups is 1. The number of amides is 1. The van der Waals surface area contributed by atoms with Gasteiger partial charge in [-0.25, -0.2) is 4.39 Å². The summed E-state index contributed by atoms with van der Waals surface area (Å²) in [5.41, 5.74) is 7.73. The molecular weight excluding hydrogens is 241 g/mol. The van der Waals surface area contributed by atoms with Gasteiger partial charge in [0.1, 0.15) is 5.82 Å². The monoisotopic (exact) mass is 243 g/mol. The molecule has 0 aliphatic carbocycles. The summed E-state index contributed by atoms with van der Waals surface area (Å²) in [5, 5.41) is 2.79. The molecule has 1 aromatic carbocycles. The van der Waals surface area contributed by atoms with Crippen molar-refractivity contribution in [2.24, 2.45) is 5.11 Å². The summed E-state index contributed by atoms with van der Waals surface area (Å²) in [6.07, 6.45) is 0. The van der Waals surface area contributed by atoms with E-state index in [9.17, 15) is 9.18 Å². The largest absolute Gasteiger partial charge is 0.287 e. The van der Waals surface area contributed by atoms with Gasteiger partial charge in [-0.05, 0) is 38.7 Å². The van der Waals surface area contributed by atoms with E-state index in [1.54, 1.807) is 0 Å². The van der Waals surface area contributed by atoms with Gasteiger partial charge in [-0.3, -0.25) is 4.79 Å². The lowest BCUT2D eigenvalue weighted by molar-refractivity contribution is 0.0996. The highest BCUT2D eigenvalue weighted by atomic mass is 79.9. The summed E-state index contributed by atoms with van der Waals surface area (Å²) in [5.74, 6) is -1.65. The zero-order valence-corrected chi connectivity index (χ0v) is 7.82. The van der Waals surface area contributed by atoms with Crippen molar-refractivity contribution in [2.45, 2.75) is 0 Å². The minimum Gasteiger partial charge on any atom is -0.287 e. The van der Waals surface area contributed by atoms with Gasteiger partial charge in [-0.15, -0.1) is 0 Å². The normalized spacial score (nSPS) is 9.08. The van der Waals surface area contributed by atoms with E-state index in [0.29, 0.717) is 0 Å². The average molecular weight is 244 g/mol. The minimum atomic E-state index is -0.938. The number of halogens is 2. The van der Waals surface area contributed by atoms with Crippen molar-refractivity contribution in [3.63, 3.8) is 0 Å². The highest BCUT2D eigenvalue weighted by Crippen LogP contribution is 2.20. The van der Waals surface area contributed by atoms with Gasteiger partial charge < -0.3 is 0 Å². The molecule has 0 spiro atoms. The first kappa shape index (κ1) is 9.70. The van der Waals surface area contributed by atoms with Crippen molar-refractivity contribution in [2.75, 3.05) is 0 Å². The summed E-state index contributed by atoms with van der Waals surface area (Å²) in [6.45, 7) is 0. The molecule has 66 valence electrons. The van der Waals surface area contributed by atoms with Crippen LogP contribution in [0.4, 0.5) is 4.39 Å². The molecule has 0 radical (unpaired) electrons. The standard InChI is InChI=1S/C7H3BrFN3O/c8-4-2-1-3-5(9)6(4)7(13)11-12-10/h1-3H. The highest BCUT2D eigenvalue weighted by Gasteiger charge is 2.12. The lowest BCUT2D eigenvalue weighted by atomic mass is 10.2. The maximum atomic E-state index is 13.0. The maximum Gasteiger partial charge on any atom is 0.253 e. The van der Waals surface area contributed by atoms with E-state index in [1.807, 2.05) is 0 Å². The third-order valence-corrected chi connectivity index (χ3v) is 1.97. The molecule has 0 atom stereocenters. The molecule has 0 N–H and O–H groups in total. The molecule has 13 heavy (non-hydrogen) atoms. The summed E-state index contributed by atoms with van der Waals surface area (Å²) in [6, 6.07) is 4.04. The fraction of sp³-hybridized carbons (Fsp3) is 0. The van der Waals surface area contributed by atoms with Crippen LogP contribution in [-0.4, -0.2) is 5.91 Å². The Bertz CT molecular complexity index is 380. The Labute approximate surface area is 81.1 Å². The molecule has 1 aromatic rings. The molecular formula is C7H3BrFN3O. The topological polar surface area (TPSA) is 65.8 Å². The van der Waals surface area contributed by atoms with Crippen LogP contribution in [0, 0.1) is 5.82 Å². The van der Waals surface area contributed by atoms with Gasteiger partial charge in [-0.2, -0.15) is 0 Å².